The van der Waals surface area contributed by atoms with Crippen LogP contribution in [-0.4, -0.2) is 47.3 Å². The van der Waals surface area contributed by atoms with E-state index in [9.17, 15) is 9.18 Å². The number of benzene rings is 1. The average molecular weight is 342 g/mol. The van der Waals surface area contributed by atoms with Crippen molar-refractivity contribution in [3.8, 4) is 0 Å². The summed E-state index contributed by atoms with van der Waals surface area (Å²) in [7, 11) is 1.61. The standard InChI is InChI=1S/C19H23FN4O/c1-21-19(25)18-10-13-24(22-18)17-5-3-12-23(14-17)11-2-4-15-6-8-16(20)9-7-15/h2,4,6-10,13,17H,3,5,11-12,14H2,1H3,(H,21,25)/b4-2+. The van der Waals surface area contributed by atoms with E-state index >= 15 is 0 Å². The van der Waals surface area contributed by atoms with Crippen molar-refractivity contribution in [2.45, 2.75) is 18.9 Å². The molecule has 1 atom stereocenters. The Balaban J connectivity index is 1.56. The van der Waals surface area contributed by atoms with Gasteiger partial charge < -0.3 is 5.32 Å². The number of piperidine rings is 1. The van der Waals surface area contributed by atoms with Crippen molar-refractivity contribution < 1.29 is 9.18 Å². The molecule has 2 heterocycles. The number of amides is 1. The molecule has 1 saturated heterocycles. The highest BCUT2D eigenvalue weighted by atomic mass is 19.1. The van der Waals surface area contributed by atoms with Crippen LogP contribution in [0.2, 0.25) is 0 Å². The largest absolute Gasteiger partial charge is 0.354 e. The van der Waals surface area contributed by atoms with E-state index in [1.807, 2.05) is 17.0 Å². The molecule has 5 nitrogen and oxygen atoms in total. The summed E-state index contributed by atoms with van der Waals surface area (Å²) < 4.78 is 14.8. The monoisotopic (exact) mass is 342 g/mol. The van der Waals surface area contributed by atoms with Gasteiger partial charge in [-0.2, -0.15) is 5.10 Å². The van der Waals surface area contributed by atoms with Gasteiger partial charge >= 0.3 is 0 Å². The van der Waals surface area contributed by atoms with E-state index in [-0.39, 0.29) is 17.8 Å². The van der Waals surface area contributed by atoms with E-state index in [0.29, 0.717) is 5.69 Å². The fourth-order valence-corrected chi connectivity index (χ4v) is 3.12. The Morgan fingerprint density at radius 3 is 2.92 bits per heavy atom. The van der Waals surface area contributed by atoms with Crippen LogP contribution in [0.15, 0.2) is 42.6 Å². The van der Waals surface area contributed by atoms with Crippen LogP contribution < -0.4 is 5.32 Å². The SMILES string of the molecule is CNC(=O)c1ccn(C2CCCN(C/C=C/c3ccc(F)cc3)C2)n1. The molecule has 6 heteroatoms. The highest BCUT2D eigenvalue weighted by molar-refractivity contribution is 5.91. The Hall–Kier alpha value is -2.47. The number of carbonyl (C=O) groups excluding carboxylic acids is 1. The van der Waals surface area contributed by atoms with Gasteiger partial charge in [-0.25, -0.2) is 4.39 Å². The quantitative estimate of drug-likeness (QED) is 0.909. The van der Waals surface area contributed by atoms with E-state index in [4.69, 9.17) is 0 Å². The summed E-state index contributed by atoms with van der Waals surface area (Å²) in [6, 6.07) is 8.53. The van der Waals surface area contributed by atoms with Crippen LogP contribution in [0.4, 0.5) is 4.39 Å². The summed E-state index contributed by atoms with van der Waals surface area (Å²) in [5, 5.41) is 7.00. The summed E-state index contributed by atoms with van der Waals surface area (Å²) in [6.45, 7) is 2.80. The fourth-order valence-electron chi connectivity index (χ4n) is 3.12. The van der Waals surface area contributed by atoms with E-state index in [1.165, 1.54) is 12.1 Å². The minimum atomic E-state index is -0.216. The second kappa shape index (κ2) is 8.07. The van der Waals surface area contributed by atoms with Crippen molar-refractivity contribution in [1.82, 2.24) is 20.0 Å². The van der Waals surface area contributed by atoms with Gasteiger partial charge in [-0.05, 0) is 43.1 Å². The molecule has 1 N–H and O–H groups in total. The lowest BCUT2D eigenvalue weighted by Gasteiger charge is -2.32. The molecular weight excluding hydrogens is 319 g/mol. The average Bonchev–Trinajstić information content (AvgIpc) is 3.13. The first-order valence-electron chi connectivity index (χ1n) is 8.57. The first-order chi connectivity index (χ1) is 12.2. The third kappa shape index (κ3) is 4.54. The number of halogens is 1. The van der Waals surface area contributed by atoms with Crippen molar-refractivity contribution in [3.05, 3.63) is 59.7 Å². The number of aromatic nitrogens is 2. The summed E-state index contributed by atoms with van der Waals surface area (Å²) in [5.41, 5.74) is 1.45. The minimum absolute atomic E-state index is 0.159. The first-order valence-corrected chi connectivity index (χ1v) is 8.57. The molecule has 1 aromatic heterocycles. The zero-order chi connectivity index (χ0) is 17.6. The molecule has 2 aromatic rings. The Morgan fingerprint density at radius 1 is 1.36 bits per heavy atom. The number of nitrogens with zero attached hydrogens (tertiary/aromatic N) is 3. The Kier molecular flexibility index (Phi) is 5.60. The second-order valence-electron chi connectivity index (χ2n) is 6.27. The molecule has 0 bridgehead atoms. The van der Waals surface area contributed by atoms with Crippen LogP contribution in [0.5, 0.6) is 0 Å². The molecule has 1 amide bonds. The molecular formula is C19H23FN4O. The Morgan fingerprint density at radius 2 is 2.16 bits per heavy atom. The van der Waals surface area contributed by atoms with Gasteiger partial charge in [0.25, 0.3) is 5.91 Å². The van der Waals surface area contributed by atoms with Gasteiger partial charge in [0.1, 0.15) is 11.5 Å². The maximum absolute atomic E-state index is 12.9. The number of hydrogen-bond donors (Lipinski definition) is 1. The van der Waals surface area contributed by atoms with Crippen molar-refractivity contribution in [2.24, 2.45) is 0 Å². The van der Waals surface area contributed by atoms with E-state index < -0.39 is 0 Å². The molecule has 1 aromatic carbocycles. The zero-order valence-electron chi connectivity index (χ0n) is 14.4. The molecule has 1 aliphatic heterocycles. The summed E-state index contributed by atoms with van der Waals surface area (Å²) in [5.74, 6) is -0.375. The summed E-state index contributed by atoms with van der Waals surface area (Å²) in [4.78, 5) is 14.0. The fraction of sp³-hybridized carbons (Fsp3) is 0.368. The normalized spacial score (nSPS) is 18.6. The molecule has 0 aliphatic carbocycles. The molecule has 0 saturated carbocycles. The number of rotatable bonds is 5. The van der Waals surface area contributed by atoms with Crippen LogP contribution in [0.1, 0.15) is 34.9 Å². The van der Waals surface area contributed by atoms with Crippen molar-refractivity contribution in [1.29, 1.82) is 0 Å². The molecule has 1 fully saturated rings. The first kappa shape index (κ1) is 17.4. The third-order valence-corrected chi connectivity index (χ3v) is 4.47. The lowest BCUT2D eigenvalue weighted by atomic mass is 10.1. The van der Waals surface area contributed by atoms with Gasteiger partial charge in [0.15, 0.2) is 0 Å². The van der Waals surface area contributed by atoms with Crippen LogP contribution in [0.3, 0.4) is 0 Å². The molecule has 0 radical (unpaired) electrons. The van der Waals surface area contributed by atoms with Gasteiger partial charge in [-0.3, -0.25) is 14.4 Å². The van der Waals surface area contributed by atoms with Crippen molar-refractivity contribution in [2.75, 3.05) is 26.7 Å². The lowest BCUT2D eigenvalue weighted by Crippen LogP contribution is -2.37. The number of nitrogens with one attached hydrogen (secondary N) is 1. The van der Waals surface area contributed by atoms with Gasteiger partial charge in [-0.15, -0.1) is 0 Å². The molecule has 25 heavy (non-hydrogen) atoms. The lowest BCUT2D eigenvalue weighted by molar-refractivity contribution is 0.0956. The predicted molar refractivity (Wildman–Crippen MR) is 95.8 cm³/mol. The maximum Gasteiger partial charge on any atom is 0.271 e. The maximum atomic E-state index is 12.9. The van der Waals surface area contributed by atoms with Gasteiger partial charge in [0, 0.05) is 26.3 Å². The molecule has 1 aliphatic rings. The topological polar surface area (TPSA) is 50.2 Å². The van der Waals surface area contributed by atoms with E-state index in [1.54, 1.807) is 25.2 Å². The van der Waals surface area contributed by atoms with Gasteiger partial charge in [0.05, 0.1) is 6.04 Å². The predicted octanol–water partition coefficient (Wildman–Crippen LogP) is 2.73. The molecule has 0 spiro atoms. The Bertz CT molecular complexity index is 738. The minimum Gasteiger partial charge on any atom is -0.354 e. The van der Waals surface area contributed by atoms with Crippen molar-refractivity contribution in [3.63, 3.8) is 0 Å². The van der Waals surface area contributed by atoms with Crippen LogP contribution in [0.25, 0.3) is 6.08 Å². The van der Waals surface area contributed by atoms with Crippen LogP contribution in [0, 0.1) is 5.82 Å². The number of likely N-dealkylation sites (tertiary alicyclic amines) is 1. The third-order valence-electron chi connectivity index (χ3n) is 4.47. The van der Waals surface area contributed by atoms with E-state index in [2.05, 4.69) is 21.4 Å². The highest BCUT2D eigenvalue weighted by Crippen LogP contribution is 2.21. The van der Waals surface area contributed by atoms with E-state index in [0.717, 1.165) is 38.0 Å². The van der Waals surface area contributed by atoms with Crippen molar-refractivity contribution >= 4 is 12.0 Å². The molecule has 1 unspecified atom stereocenters. The summed E-state index contributed by atoms with van der Waals surface area (Å²) in [6.07, 6.45) is 8.17. The number of carbonyl (C=O) groups is 1. The summed E-state index contributed by atoms with van der Waals surface area (Å²) >= 11 is 0. The zero-order valence-corrected chi connectivity index (χ0v) is 14.4. The molecule has 132 valence electrons. The molecule has 3 rings (SSSR count). The Labute approximate surface area is 147 Å². The van der Waals surface area contributed by atoms with Gasteiger partial charge in [0.2, 0.25) is 0 Å². The highest BCUT2D eigenvalue weighted by Gasteiger charge is 2.21. The van der Waals surface area contributed by atoms with Gasteiger partial charge in [-0.1, -0.05) is 24.3 Å². The van der Waals surface area contributed by atoms with Crippen LogP contribution in [-0.2, 0) is 0 Å². The number of hydrogen-bond acceptors (Lipinski definition) is 3. The van der Waals surface area contributed by atoms with Crippen LogP contribution >= 0.6 is 0 Å². The smallest absolute Gasteiger partial charge is 0.271 e. The second-order valence-corrected chi connectivity index (χ2v) is 6.27.